The fourth-order valence-corrected chi connectivity index (χ4v) is 5.91. The Bertz CT molecular complexity index is 1430. The summed E-state index contributed by atoms with van der Waals surface area (Å²) in [6.45, 7) is 6.12. The van der Waals surface area contributed by atoms with E-state index in [2.05, 4.69) is 16.7 Å². The molecule has 0 radical (unpaired) electrons. The molecule has 1 aliphatic rings. The van der Waals surface area contributed by atoms with Gasteiger partial charge in [-0.05, 0) is 63.1 Å². The first-order chi connectivity index (χ1) is 19.1. The fraction of sp³-hybridized carbons (Fsp3) is 0.310. The number of hydrogen-bond donors (Lipinski definition) is 2. The van der Waals surface area contributed by atoms with Gasteiger partial charge in [0.2, 0.25) is 5.91 Å². The number of benzene rings is 2. The fourth-order valence-electron chi connectivity index (χ4n) is 3.93. The van der Waals surface area contributed by atoms with Gasteiger partial charge in [0, 0.05) is 22.0 Å². The maximum Gasteiger partial charge on any atom is 0.410 e. The number of nitriles is 1. The minimum atomic E-state index is -0.594. The molecule has 0 atom stereocenters. The van der Waals surface area contributed by atoms with E-state index < -0.39 is 11.7 Å². The van der Waals surface area contributed by atoms with E-state index in [-0.39, 0.29) is 24.2 Å². The first-order valence-electron chi connectivity index (χ1n) is 12.6. The highest BCUT2D eigenvalue weighted by molar-refractivity contribution is 8.00. The zero-order valence-electron chi connectivity index (χ0n) is 22.5. The van der Waals surface area contributed by atoms with Crippen LogP contribution in [-0.2, 0) is 27.3 Å². The molecule has 2 N–H and O–H groups in total. The third-order valence-electron chi connectivity index (χ3n) is 5.67. The Morgan fingerprint density at radius 1 is 1.07 bits per heavy atom. The van der Waals surface area contributed by atoms with Gasteiger partial charge < -0.3 is 25.0 Å². The molecule has 4 rings (SSSR count). The summed E-state index contributed by atoms with van der Waals surface area (Å²) >= 11 is 2.63. The van der Waals surface area contributed by atoms with Crippen LogP contribution < -0.4 is 15.4 Å². The largest absolute Gasteiger partial charge is 0.484 e. The topological polar surface area (TPSA) is 121 Å². The van der Waals surface area contributed by atoms with E-state index in [4.69, 9.17) is 9.47 Å². The van der Waals surface area contributed by atoms with Crippen molar-refractivity contribution in [3.63, 3.8) is 0 Å². The summed E-state index contributed by atoms with van der Waals surface area (Å²) in [6, 6.07) is 18.5. The Morgan fingerprint density at radius 2 is 1.85 bits per heavy atom. The predicted molar refractivity (Wildman–Crippen MR) is 156 cm³/mol. The lowest BCUT2D eigenvalue weighted by Crippen LogP contribution is -2.39. The molecule has 1 aromatic heterocycles. The van der Waals surface area contributed by atoms with Crippen molar-refractivity contribution in [1.29, 1.82) is 5.26 Å². The smallest absolute Gasteiger partial charge is 0.410 e. The molecule has 0 bridgehead atoms. The van der Waals surface area contributed by atoms with Gasteiger partial charge in [-0.25, -0.2) is 4.79 Å². The molecule has 11 heteroatoms. The number of para-hydroxylation sites is 1. The number of nitrogens with zero attached hydrogens (tertiary/aromatic N) is 2. The summed E-state index contributed by atoms with van der Waals surface area (Å²) in [5.41, 5.74) is 1.32. The maximum atomic E-state index is 12.8. The number of anilines is 2. The number of amides is 3. The first-order valence-corrected chi connectivity index (χ1v) is 14.4. The zero-order valence-corrected chi connectivity index (χ0v) is 24.1. The molecule has 0 aliphatic carbocycles. The summed E-state index contributed by atoms with van der Waals surface area (Å²) in [7, 11) is 0. The Kier molecular flexibility index (Phi) is 9.34. The lowest BCUT2D eigenvalue weighted by Gasteiger charge is -2.29. The van der Waals surface area contributed by atoms with Crippen LogP contribution in [0.15, 0.2) is 59.5 Å². The highest BCUT2D eigenvalue weighted by Gasteiger charge is 2.30. The number of thiophene rings is 1. The highest BCUT2D eigenvalue weighted by Crippen LogP contribution is 2.37. The minimum Gasteiger partial charge on any atom is -0.484 e. The molecular weight excluding hydrogens is 548 g/mol. The van der Waals surface area contributed by atoms with Crippen molar-refractivity contribution < 1.29 is 23.9 Å². The van der Waals surface area contributed by atoms with Gasteiger partial charge in [-0.15, -0.1) is 23.1 Å². The lowest BCUT2D eigenvalue weighted by atomic mass is 10.0. The van der Waals surface area contributed by atoms with Crippen LogP contribution in [0.5, 0.6) is 5.75 Å². The van der Waals surface area contributed by atoms with Crippen LogP contribution in [0.1, 0.15) is 36.8 Å². The number of nitrogens with one attached hydrogen (secondary N) is 2. The number of carbonyl (C=O) groups excluding carboxylic acids is 3. The van der Waals surface area contributed by atoms with Gasteiger partial charge >= 0.3 is 6.09 Å². The van der Waals surface area contributed by atoms with E-state index in [9.17, 15) is 19.6 Å². The van der Waals surface area contributed by atoms with Gasteiger partial charge in [-0.2, -0.15) is 5.26 Å². The zero-order chi connectivity index (χ0) is 28.7. The normalized spacial score (nSPS) is 12.6. The number of ether oxygens (including phenoxy) is 2. The second kappa shape index (κ2) is 12.9. The van der Waals surface area contributed by atoms with Crippen molar-refractivity contribution in [2.45, 2.75) is 44.2 Å². The van der Waals surface area contributed by atoms with Crippen LogP contribution in [0.25, 0.3) is 0 Å². The van der Waals surface area contributed by atoms with Gasteiger partial charge in [0.05, 0.1) is 17.9 Å². The van der Waals surface area contributed by atoms with Crippen molar-refractivity contribution >= 4 is 51.7 Å². The van der Waals surface area contributed by atoms with Crippen LogP contribution in [0.4, 0.5) is 15.5 Å². The third kappa shape index (κ3) is 8.00. The number of fused-ring (bicyclic) bond motifs is 1. The maximum absolute atomic E-state index is 12.8. The summed E-state index contributed by atoms with van der Waals surface area (Å²) in [5.74, 6) is 0.181. The van der Waals surface area contributed by atoms with Gasteiger partial charge in [0.1, 0.15) is 22.4 Å². The molecule has 2 heterocycles. The van der Waals surface area contributed by atoms with Gasteiger partial charge in [0.25, 0.3) is 5.91 Å². The molecule has 9 nitrogen and oxygen atoms in total. The number of rotatable bonds is 8. The lowest BCUT2D eigenvalue weighted by molar-refractivity contribution is -0.118. The number of thioether (sulfide) groups is 1. The van der Waals surface area contributed by atoms with Crippen molar-refractivity contribution in [3.8, 4) is 11.8 Å². The van der Waals surface area contributed by atoms with Crippen LogP contribution in [0.3, 0.4) is 0 Å². The van der Waals surface area contributed by atoms with Gasteiger partial charge in [-0.3, -0.25) is 9.59 Å². The van der Waals surface area contributed by atoms with E-state index in [1.165, 1.54) is 23.1 Å². The average molecular weight is 579 g/mol. The molecule has 0 spiro atoms. The van der Waals surface area contributed by atoms with Gasteiger partial charge in [-0.1, -0.05) is 24.3 Å². The van der Waals surface area contributed by atoms with Gasteiger partial charge in [0.15, 0.2) is 6.61 Å². The van der Waals surface area contributed by atoms with Crippen LogP contribution in [0.2, 0.25) is 0 Å². The Morgan fingerprint density at radius 3 is 2.58 bits per heavy atom. The monoisotopic (exact) mass is 578 g/mol. The summed E-state index contributed by atoms with van der Waals surface area (Å²) in [6.07, 6.45) is 0.127. The Hall–Kier alpha value is -4.01. The number of carbonyl (C=O) groups is 3. The molecule has 40 heavy (non-hydrogen) atoms. The first kappa shape index (κ1) is 29.0. The van der Waals surface area contributed by atoms with Crippen LogP contribution in [-0.4, -0.2) is 47.3 Å². The highest BCUT2D eigenvalue weighted by atomic mass is 32.2. The van der Waals surface area contributed by atoms with Crippen molar-refractivity contribution in [2.24, 2.45) is 0 Å². The molecule has 0 unspecified atom stereocenters. The van der Waals surface area contributed by atoms with Crippen LogP contribution >= 0.6 is 23.1 Å². The van der Waals surface area contributed by atoms with E-state index in [0.717, 1.165) is 15.3 Å². The summed E-state index contributed by atoms with van der Waals surface area (Å²) in [4.78, 5) is 40.8. The van der Waals surface area contributed by atoms with E-state index in [1.54, 1.807) is 35.2 Å². The Balaban J connectivity index is 1.30. The standard InChI is InChI=1S/C29H30N4O5S2/c1-29(2,3)38-28(36)33-13-12-22-23(15-30)27(40-24(22)16-33)32-26(35)18-39-21-11-7-8-19(14-21)31-25(34)17-37-20-9-5-4-6-10-20/h4-11,14H,12-13,16-18H2,1-3H3,(H,31,34)(H,32,35). The summed E-state index contributed by atoms with van der Waals surface area (Å²) < 4.78 is 11.0. The third-order valence-corrected chi connectivity index (χ3v) is 7.80. The Labute approximate surface area is 241 Å². The molecule has 2 aromatic carbocycles. The van der Waals surface area contributed by atoms with E-state index in [0.29, 0.717) is 41.5 Å². The summed E-state index contributed by atoms with van der Waals surface area (Å²) in [5, 5.41) is 15.9. The minimum absolute atomic E-state index is 0.117. The molecule has 1 aliphatic heterocycles. The molecule has 3 aromatic rings. The molecule has 208 valence electrons. The van der Waals surface area contributed by atoms with Crippen molar-refractivity contribution in [2.75, 3.05) is 29.5 Å². The van der Waals surface area contributed by atoms with E-state index >= 15 is 0 Å². The molecular formula is C29H30N4O5S2. The SMILES string of the molecule is CC(C)(C)OC(=O)N1CCc2c(sc(NC(=O)CSc3cccc(NC(=O)COc4ccccc4)c3)c2C#N)C1. The second-order valence-corrected chi connectivity index (χ2v) is 12.1. The molecule has 0 saturated carbocycles. The molecule has 0 saturated heterocycles. The molecule has 0 fully saturated rings. The number of hydrogen-bond acceptors (Lipinski definition) is 8. The average Bonchev–Trinajstić information content (AvgIpc) is 3.26. The van der Waals surface area contributed by atoms with E-state index in [1.807, 2.05) is 45.0 Å². The molecule has 3 amide bonds. The quantitative estimate of drug-likeness (QED) is 0.331. The van der Waals surface area contributed by atoms with Crippen molar-refractivity contribution in [3.05, 3.63) is 70.6 Å². The van der Waals surface area contributed by atoms with Crippen LogP contribution in [0, 0.1) is 11.3 Å². The van der Waals surface area contributed by atoms with Crippen molar-refractivity contribution in [1.82, 2.24) is 4.90 Å². The predicted octanol–water partition coefficient (Wildman–Crippen LogP) is 5.66. The second-order valence-electron chi connectivity index (χ2n) is 9.99.